The molecule has 3 aromatic rings. The number of rotatable bonds is 6. The van der Waals surface area contributed by atoms with Crippen molar-refractivity contribution in [3.05, 3.63) is 63.5 Å². The molecule has 136 valence electrons. The second kappa shape index (κ2) is 8.66. The average molecular weight is 454 g/mol. The van der Waals surface area contributed by atoms with Crippen LogP contribution in [0, 0.1) is 0 Å². The van der Waals surface area contributed by atoms with Gasteiger partial charge in [0.05, 0.1) is 29.5 Å². The Morgan fingerprint density at radius 2 is 2.12 bits per heavy atom. The number of halogens is 2. The van der Waals surface area contributed by atoms with Gasteiger partial charge in [0, 0.05) is 23.8 Å². The molecule has 0 fully saturated rings. The number of thiocarbonyl (C=S) groups is 1. The molecule has 2 N–H and O–H groups in total. The fourth-order valence-corrected chi connectivity index (χ4v) is 3.29. The number of aryl methyl sites for hydroxylation is 1. The van der Waals surface area contributed by atoms with Gasteiger partial charge >= 0.3 is 0 Å². The van der Waals surface area contributed by atoms with Gasteiger partial charge in [-0.1, -0.05) is 29.8 Å². The van der Waals surface area contributed by atoms with E-state index >= 15 is 0 Å². The molecule has 0 aliphatic rings. The predicted octanol–water partition coefficient (Wildman–Crippen LogP) is 4.05. The van der Waals surface area contributed by atoms with Crippen molar-refractivity contribution in [1.29, 1.82) is 0 Å². The molecule has 0 spiro atoms. The average Bonchev–Trinajstić information content (AvgIpc) is 3.21. The van der Waals surface area contributed by atoms with Gasteiger partial charge in [-0.3, -0.25) is 9.36 Å². The molecule has 2 aromatic heterocycles. The highest BCUT2D eigenvalue weighted by Gasteiger charge is 2.09. The minimum Gasteiger partial charge on any atom is -0.357 e. The maximum Gasteiger partial charge on any atom is 0.172 e. The zero-order chi connectivity index (χ0) is 18.5. The van der Waals surface area contributed by atoms with Crippen molar-refractivity contribution in [2.75, 3.05) is 5.32 Å². The lowest BCUT2D eigenvalue weighted by atomic mass is 10.2. The highest BCUT2D eigenvalue weighted by molar-refractivity contribution is 9.10. The van der Waals surface area contributed by atoms with Crippen LogP contribution in [0.5, 0.6) is 0 Å². The lowest BCUT2D eigenvalue weighted by molar-refractivity contribution is 0.613. The van der Waals surface area contributed by atoms with E-state index in [9.17, 15) is 0 Å². The van der Waals surface area contributed by atoms with E-state index in [1.54, 1.807) is 6.20 Å². The third kappa shape index (κ3) is 4.63. The van der Waals surface area contributed by atoms with E-state index in [1.165, 1.54) is 0 Å². The number of hydrogen-bond acceptors (Lipinski definition) is 3. The van der Waals surface area contributed by atoms with Gasteiger partial charge in [-0.05, 0) is 46.7 Å². The molecule has 0 aliphatic heterocycles. The first kappa shape index (κ1) is 18.9. The van der Waals surface area contributed by atoms with Gasteiger partial charge in [-0.25, -0.2) is 0 Å². The minimum absolute atomic E-state index is 0.503. The number of anilines is 1. The third-order valence-corrected chi connectivity index (χ3v) is 5.06. The summed E-state index contributed by atoms with van der Waals surface area (Å²) in [6.45, 7) is 4.02. The standard InChI is InChI=1S/C17H18BrClN6S/c1-2-25-15(13(18)9-21-25)10-20-17(26)22-16-7-8-24(23-16)11-12-5-3-4-6-14(12)19/h3-9H,2,10-11H2,1H3,(H2,20,22,23,26). The molecule has 2 heterocycles. The van der Waals surface area contributed by atoms with Crippen LogP contribution in [0.4, 0.5) is 5.82 Å². The normalized spacial score (nSPS) is 10.7. The monoisotopic (exact) mass is 452 g/mol. The SMILES string of the molecule is CCn1ncc(Br)c1CNC(=S)Nc1ccn(Cc2ccccc2Cl)n1. The van der Waals surface area contributed by atoms with E-state index in [1.807, 2.05) is 52.8 Å². The molecule has 0 radical (unpaired) electrons. The minimum atomic E-state index is 0.503. The first-order valence-corrected chi connectivity index (χ1v) is 9.66. The Labute approximate surface area is 170 Å². The Hall–Kier alpha value is -1.90. The predicted molar refractivity (Wildman–Crippen MR) is 111 cm³/mol. The van der Waals surface area contributed by atoms with Crippen LogP contribution in [0.1, 0.15) is 18.2 Å². The summed E-state index contributed by atoms with van der Waals surface area (Å²) < 4.78 is 4.69. The van der Waals surface area contributed by atoms with Crippen LogP contribution in [0.3, 0.4) is 0 Å². The fourth-order valence-electron chi connectivity index (χ4n) is 2.48. The van der Waals surface area contributed by atoms with Gasteiger partial charge in [-0.15, -0.1) is 0 Å². The van der Waals surface area contributed by atoms with Crippen molar-refractivity contribution in [2.45, 2.75) is 26.6 Å². The third-order valence-electron chi connectivity index (χ3n) is 3.79. The summed E-state index contributed by atoms with van der Waals surface area (Å²) in [7, 11) is 0. The topological polar surface area (TPSA) is 59.7 Å². The lowest BCUT2D eigenvalue weighted by Gasteiger charge is -2.10. The van der Waals surface area contributed by atoms with Crippen molar-refractivity contribution >= 4 is 50.7 Å². The van der Waals surface area contributed by atoms with Gasteiger partial charge in [0.2, 0.25) is 0 Å². The molecule has 0 amide bonds. The van der Waals surface area contributed by atoms with Crippen molar-refractivity contribution in [1.82, 2.24) is 24.9 Å². The summed E-state index contributed by atoms with van der Waals surface area (Å²) in [5.74, 6) is 0.678. The first-order chi connectivity index (χ1) is 12.6. The quantitative estimate of drug-likeness (QED) is 0.551. The summed E-state index contributed by atoms with van der Waals surface area (Å²) in [5.41, 5.74) is 2.06. The maximum absolute atomic E-state index is 6.19. The van der Waals surface area contributed by atoms with Gasteiger partial charge in [0.25, 0.3) is 0 Å². The molecule has 0 atom stereocenters. The second-order valence-corrected chi connectivity index (χ2v) is 7.22. The Morgan fingerprint density at radius 1 is 1.31 bits per heavy atom. The number of aromatic nitrogens is 4. The van der Waals surface area contributed by atoms with Crippen LogP contribution in [0.15, 0.2) is 47.2 Å². The van der Waals surface area contributed by atoms with Crippen molar-refractivity contribution in [3.8, 4) is 0 Å². The highest BCUT2D eigenvalue weighted by atomic mass is 79.9. The van der Waals surface area contributed by atoms with Crippen LogP contribution in [0.25, 0.3) is 0 Å². The lowest BCUT2D eigenvalue weighted by Crippen LogP contribution is -2.29. The molecule has 1 aromatic carbocycles. The van der Waals surface area contributed by atoms with Crippen LogP contribution in [0.2, 0.25) is 5.02 Å². The van der Waals surface area contributed by atoms with Gasteiger partial charge in [0.15, 0.2) is 10.9 Å². The van der Waals surface area contributed by atoms with E-state index in [-0.39, 0.29) is 0 Å². The first-order valence-electron chi connectivity index (χ1n) is 8.08. The summed E-state index contributed by atoms with van der Waals surface area (Å²) >= 11 is 15.1. The molecule has 26 heavy (non-hydrogen) atoms. The van der Waals surface area contributed by atoms with Gasteiger partial charge in [-0.2, -0.15) is 10.2 Å². The van der Waals surface area contributed by atoms with Gasteiger partial charge in [0.1, 0.15) is 0 Å². The van der Waals surface area contributed by atoms with Crippen LogP contribution in [-0.4, -0.2) is 24.7 Å². The van der Waals surface area contributed by atoms with Crippen LogP contribution >= 0.6 is 39.7 Å². The zero-order valence-electron chi connectivity index (χ0n) is 14.1. The van der Waals surface area contributed by atoms with E-state index in [0.29, 0.717) is 24.0 Å². The summed E-state index contributed by atoms with van der Waals surface area (Å²) in [5, 5.41) is 16.3. The molecule has 0 saturated heterocycles. The molecule has 9 heteroatoms. The molecule has 0 unspecified atom stereocenters. The Morgan fingerprint density at radius 3 is 2.88 bits per heavy atom. The molecule has 6 nitrogen and oxygen atoms in total. The Balaban J connectivity index is 1.56. The number of nitrogens with one attached hydrogen (secondary N) is 2. The molecule has 0 aliphatic carbocycles. The summed E-state index contributed by atoms with van der Waals surface area (Å²) in [6, 6.07) is 9.60. The smallest absolute Gasteiger partial charge is 0.172 e. The largest absolute Gasteiger partial charge is 0.357 e. The highest BCUT2D eigenvalue weighted by Crippen LogP contribution is 2.17. The number of benzene rings is 1. The molecule has 0 saturated carbocycles. The van der Waals surface area contributed by atoms with E-state index in [2.05, 4.69) is 36.8 Å². The fraction of sp³-hybridized carbons (Fsp3) is 0.235. The van der Waals surface area contributed by atoms with E-state index in [0.717, 1.165) is 27.3 Å². The summed E-state index contributed by atoms with van der Waals surface area (Å²) in [6.07, 6.45) is 3.67. The number of hydrogen-bond donors (Lipinski definition) is 2. The second-order valence-electron chi connectivity index (χ2n) is 5.55. The summed E-state index contributed by atoms with van der Waals surface area (Å²) in [4.78, 5) is 0. The van der Waals surface area contributed by atoms with Crippen LogP contribution in [-0.2, 0) is 19.6 Å². The van der Waals surface area contributed by atoms with Gasteiger partial charge < -0.3 is 10.6 Å². The Kier molecular flexibility index (Phi) is 6.29. The molecule has 3 rings (SSSR count). The van der Waals surface area contributed by atoms with E-state index in [4.69, 9.17) is 23.8 Å². The van der Waals surface area contributed by atoms with Crippen molar-refractivity contribution in [2.24, 2.45) is 0 Å². The zero-order valence-corrected chi connectivity index (χ0v) is 17.3. The Bertz CT molecular complexity index is 906. The maximum atomic E-state index is 6.19. The van der Waals surface area contributed by atoms with E-state index < -0.39 is 0 Å². The van der Waals surface area contributed by atoms with Crippen molar-refractivity contribution in [3.63, 3.8) is 0 Å². The number of nitrogens with zero attached hydrogens (tertiary/aromatic N) is 4. The molecular weight excluding hydrogens is 436 g/mol. The molecule has 0 bridgehead atoms. The molecular formula is C17H18BrClN6S. The van der Waals surface area contributed by atoms with Crippen LogP contribution < -0.4 is 10.6 Å². The van der Waals surface area contributed by atoms with Crippen molar-refractivity contribution < 1.29 is 0 Å².